The number of rotatable bonds is 3. The van der Waals surface area contributed by atoms with Crippen molar-refractivity contribution in [1.82, 2.24) is 0 Å². The Kier molecular flexibility index (Phi) is 3.79. The Bertz CT molecular complexity index is 265. The third kappa shape index (κ3) is 3.21. The molecule has 0 saturated carbocycles. The lowest BCUT2D eigenvalue weighted by Gasteiger charge is -2.34. The molecule has 0 aromatic carbocycles. The van der Waals surface area contributed by atoms with Gasteiger partial charge in [-0.2, -0.15) is 0 Å². The van der Waals surface area contributed by atoms with E-state index in [0.717, 1.165) is 12.2 Å². The molecule has 0 aliphatic heterocycles. The average Bonchev–Trinajstić information content (AvgIpc) is 2.10. The van der Waals surface area contributed by atoms with E-state index >= 15 is 0 Å². The first-order valence-corrected chi connectivity index (χ1v) is 8.95. The summed E-state index contributed by atoms with van der Waals surface area (Å²) in [6, 6.07) is 0. The predicted molar refractivity (Wildman–Crippen MR) is 66.0 cm³/mol. The van der Waals surface area contributed by atoms with E-state index in [9.17, 15) is 5.11 Å². The molecule has 1 aliphatic carbocycles. The molecule has 0 aromatic rings. The summed E-state index contributed by atoms with van der Waals surface area (Å²) in [5.41, 5.74) is 0. The molecule has 1 rings (SSSR count). The predicted octanol–water partition coefficient (Wildman–Crippen LogP) is 2.92. The maximum atomic E-state index is 10.0. The van der Waals surface area contributed by atoms with Crippen LogP contribution in [0.25, 0.3) is 0 Å². The normalized spacial score (nSPS) is 32.1. The summed E-state index contributed by atoms with van der Waals surface area (Å²) in [7, 11) is -1.58. The summed E-state index contributed by atoms with van der Waals surface area (Å²) in [4.78, 5) is 0. The molecular weight excluding hydrogens is 204 g/mol. The molecule has 86 valence electrons. The first kappa shape index (κ1) is 12.5. The molecule has 1 N–H and O–H groups in total. The van der Waals surface area contributed by atoms with Gasteiger partial charge in [-0.05, 0) is 38.1 Å². The summed E-state index contributed by atoms with van der Waals surface area (Å²) in [6.45, 7) is 12.3. The van der Waals surface area contributed by atoms with Crippen molar-refractivity contribution in [2.45, 2.75) is 39.1 Å². The molecule has 3 atom stereocenters. The van der Waals surface area contributed by atoms with Crippen molar-refractivity contribution in [2.24, 2.45) is 11.8 Å². The number of aliphatic hydroxyl groups excluding tert-OH is 1. The third-order valence-electron chi connectivity index (χ3n) is 2.65. The molecule has 0 aromatic heterocycles. The lowest BCUT2D eigenvalue weighted by atomic mass is 9.83. The summed E-state index contributed by atoms with van der Waals surface area (Å²) in [6.07, 6.45) is 4.46. The highest BCUT2D eigenvalue weighted by molar-refractivity contribution is 6.70. The van der Waals surface area contributed by atoms with Crippen molar-refractivity contribution >= 4 is 8.32 Å². The molecule has 0 radical (unpaired) electrons. The second-order valence-electron chi connectivity index (χ2n) is 5.29. The first-order valence-electron chi connectivity index (χ1n) is 5.55. The highest BCUT2D eigenvalue weighted by atomic mass is 28.4. The van der Waals surface area contributed by atoms with Crippen LogP contribution in [0.15, 0.2) is 24.5 Å². The number of hydrogen-bond donors (Lipinski definition) is 1. The van der Waals surface area contributed by atoms with Crippen LogP contribution < -0.4 is 0 Å². The minimum absolute atomic E-state index is 0.0273. The second-order valence-corrected chi connectivity index (χ2v) is 9.71. The van der Waals surface area contributed by atoms with Crippen LogP contribution in [-0.2, 0) is 4.43 Å². The fourth-order valence-electron chi connectivity index (χ4n) is 1.82. The van der Waals surface area contributed by atoms with Gasteiger partial charge in [0.1, 0.15) is 0 Å². The van der Waals surface area contributed by atoms with E-state index in [1.165, 1.54) is 0 Å². The van der Waals surface area contributed by atoms with Crippen LogP contribution >= 0.6 is 0 Å². The van der Waals surface area contributed by atoms with Crippen molar-refractivity contribution in [1.29, 1.82) is 0 Å². The van der Waals surface area contributed by atoms with E-state index in [0.29, 0.717) is 5.92 Å². The molecule has 0 heterocycles. The Hall–Kier alpha value is -0.543. The van der Waals surface area contributed by atoms with Gasteiger partial charge in [0.15, 0.2) is 0 Å². The minimum Gasteiger partial charge on any atom is -0.547 e. The van der Waals surface area contributed by atoms with Crippen molar-refractivity contribution in [3.63, 3.8) is 0 Å². The van der Waals surface area contributed by atoms with Gasteiger partial charge in [0.25, 0.3) is 0 Å². The van der Waals surface area contributed by atoms with E-state index in [4.69, 9.17) is 4.43 Å². The molecule has 0 amide bonds. The van der Waals surface area contributed by atoms with E-state index < -0.39 is 8.32 Å². The Morgan fingerprint density at radius 3 is 2.60 bits per heavy atom. The first-order chi connectivity index (χ1) is 6.85. The van der Waals surface area contributed by atoms with Crippen molar-refractivity contribution in [2.75, 3.05) is 0 Å². The molecular formula is C12H22O2Si. The molecule has 2 nitrogen and oxygen atoms in total. The number of hydrogen-bond acceptors (Lipinski definition) is 2. The summed E-state index contributed by atoms with van der Waals surface area (Å²) in [5, 5.41) is 10.0. The van der Waals surface area contributed by atoms with Gasteiger partial charge in [-0.25, -0.2) is 0 Å². The van der Waals surface area contributed by atoms with E-state index in [1.807, 2.05) is 0 Å². The quantitative estimate of drug-likeness (QED) is 0.592. The summed E-state index contributed by atoms with van der Waals surface area (Å²) in [5.74, 6) is 1.19. The van der Waals surface area contributed by atoms with Gasteiger partial charge < -0.3 is 9.53 Å². The zero-order valence-electron chi connectivity index (χ0n) is 10.2. The Balaban J connectivity index is 2.83. The van der Waals surface area contributed by atoms with Gasteiger partial charge in [0.2, 0.25) is 8.32 Å². The molecule has 0 saturated heterocycles. The van der Waals surface area contributed by atoms with Crippen molar-refractivity contribution in [3.05, 3.63) is 24.5 Å². The van der Waals surface area contributed by atoms with Crippen LogP contribution in [0.2, 0.25) is 19.6 Å². The Labute approximate surface area is 93.8 Å². The molecule has 0 fully saturated rings. The standard InChI is InChI=1S/C12H22O2Si/c1-6-10-11(14-15(3,4)5)8-7-9(2)12(10)13/h6,8-10,12-13H,1,7H2,2-5H3/t9-,10+,12+/m1/s1. The lowest BCUT2D eigenvalue weighted by molar-refractivity contribution is 0.0659. The topological polar surface area (TPSA) is 29.5 Å². The molecule has 3 heteroatoms. The van der Waals surface area contributed by atoms with Gasteiger partial charge in [0, 0.05) is 0 Å². The van der Waals surface area contributed by atoms with Crippen LogP contribution in [0.3, 0.4) is 0 Å². The maximum Gasteiger partial charge on any atom is 0.241 e. The Morgan fingerprint density at radius 1 is 1.53 bits per heavy atom. The van der Waals surface area contributed by atoms with E-state index in [1.54, 1.807) is 6.08 Å². The largest absolute Gasteiger partial charge is 0.547 e. The van der Waals surface area contributed by atoms with Gasteiger partial charge in [-0.15, -0.1) is 6.58 Å². The number of allylic oxidation sites excluding steroid dienone is 1. The van der Waals surface area contributed by atoms with Crippen LogP contribution in [-0.4, -0.2) is 19.5 Å². The monoisotopic (exact) mass is 226 g/mol. The minimum atomic E-state index is -1.58. The molecule has 0 spiro atoms. The molecule has 0 bridgehead atoms. The van der Waals surface area contributed by atoms with Gasteiger partial charge in [-0.1, -0.05) is 13.0 Å². The van der Waals surface area contributed by atoms with Crippen molar-refractivity contribution in [3.8, 4) is 0 Å². The van der Waals surface area contributed by atoms with Crippen LogP contribution in [0.5, 0.6) is 0 Å². The molecule has 1 aliphatic rings. The summed E-state index contributed by atoms with van der Waals surface area (Å²) < 4.78 is 5.97. The fraction of sp³-hybridized carbons (Fsp3) is 0.667. The summed E-state index contributed by atoms with van der Waals surface area (Å²) >= 11 is 0. The van der Waals surface area contributed by atoms with Crippen molar-refractivity contribution < 1.29 is 9.53 Å². The van der Waals surface area contributed by atoms with Crippen LogP contribution in [0.4, 0.5) is 0 Å². The highest BCUT2D eigenvalue weighted by Gasteiger charge is 2.32. The highest BCUT2D eigenvalue weighted by Crippen LogP contribution is 2.32. The van der Waals surface area contributed by atoms with Gasteiger partial charge in [0.05, 0.1) is 17.8 Å². The van der Waals surface area contributed by atoms with E-state index in [-0.39, 0.29) is 12.0 Å². The van der Waals surface area contributed by atoms with Gasteiger partial charge in [-0.3, -0.25) is 0 Å². The average molecular weight is 226 g/mol. The molecule has 15 heavy (non-hydrogen) atoms. The third-order valence-corrected chi connectivity index (χ3v) is 3.50. The van der Waals surface area contributed by atoms with Gasteiger partial charge >= 0.3 is 0 Å². The maximum absolute atomic E-state index is 10.0. The Morgan fingerprint density at radius 2 is 2.13 bits per heavy atom. The fourth-order valence-corrected chi connectivity index (χ4v) is 2.75. The second kappa shape index (κ2) is 4.54. The molecule has 0 unspecified atom stereocenters. The van der Waals surface area contributed by atoms with Crippen LogP contribution in [0, 0.1) is 11.8 Å². The SMILES string of the molecule is C=C[C@H]1C(O[Si](C)(C)C)=CC[C@@H](C)[C@@H]1O. The zero-order chi connectivity index (χ0) is 11.6. The zero-order valence-corrected chi connectivity index (χ0v) is 11.2. The van der Waals surface area contributed by atoms with Crippen LogP contribution in [0.1, 0.15) is 13.3 Å². The number of aliphatic hydroxyl groups is 1. The lowest BCUT2D eigenvalue weighted by Crippen LogP contribution is -2.35. The van der Waals surface area contributed by atoms with E-state index in [2.05, 4.69) is 39.2 Å². The smallest absolute Gasteiger partial charge is 0.241 e.